The molecule has 29 heavy (non-hydrogen) atoms. The number of esters is 1. The molecule has 160 valence electrons. The van der Waals surface area contributed by atoms with E-state index in [-0.39, 0.29) is 34.9 Å². The number of aromatic nitrogens is 2. The molecule has 0 radical (unpaired) electrons. The monoisotopic (exact) mass is 405 g/mol. The number of carbonyl (C=O) groups excluding carboxylic acids is 3. The average Bonchev–Trinajstić information content (AvgIpc) is 2.85. The standard InChI is InChI=1S/C20H31N5O4/c1-7-29-17(27)15-13(2)24-25(6)16(15)23-18(28)21-11-20(5)9-14(22-12-26)8-19(3,4)10-20/h14H,7-11H2,1-6H3,(H2,21,23,28). The van der Waals surface area contributed by atoms with E-state index in [2.05, 4.69) is 41.5 Å². The lowest BCUT2D eigenvalue weighted by Crippen LogP contribution is -2.45. The van der Waals surface area contributed by atoms with Crippen molar-refractivity contribution in [2.24, 2.45) is 22.9 Å². The van der Waals surface area contributed by atoms with Crippen molar-refractivity contribution < 1.29 is 19.1 Å². The van der Waals surface area contributed by atoms with Crippen LogP contribution in [0.5, 0.6) is 0 Å². The van der Waals surface area contributed by atoms with Crippen molar-refractivity contribution in [2.75, 3.05) is 18.5 Å². The number of rotatable bonds is 6. The van der Waals surface area contributed by atoms with Gasteiger partial charge in [0, 0.05) is 13.6 Å². The summed E-state index contributed by atoms with van der Waals surface area (Å²) in [5.41, 5.74) is 0.523. The first-order valence-electron chi connectivity index (χ1n) is 9.83. The number of aryl methyl sites for hydroxylation is 2. The Morgan fingerprint density at radius 1 is 1.34 bits per heavy atom. The molecule has 0 spiro atoms. The maximum absolute atomic E-state index is 12.6. The Bertz CT molecular complexity index is 825. The Kier molecular flexibility index (Phi) is 6.85. The molecule has 9 heteroatoms. The van der Waals surface area contributed by atoms with Crippen LogP contribution in [0.2, 0.25) is 0 Å². The van der Waals surface area contributed by atoms with E-state index < -0.39 is 12.0 Å². The minimum atomic E-state index is -0.524. The highest BCUT2D eigenvalue weighted by atomic mass is 16.5. The van der Waals surface area contributed by atoms with Crippen molar-refractivity contribution in [1.82, 2.24) is 15.1 Å². The van der Waals surface area contributed by atoms with Crippen LogP contribution in [-0.4, -0.2) is 47.1 Å². The van der Waals surface area contributed by atoms with Crippen LogP contribution in [0.1, 0.15) is 63.0 Å². The molecule has 2 N–H and O–H groups in total. The van der Waals surface area contributed by atoms with Gasteiger partial charge in [-0.15, -0.1) is 0 Å². The number of isocyanates is 1. The molecule has 2 amide bonds. The van der Waals surface area contributed by atoms with Gasteiger partial charge in [-0.25, -0.2) is 19.4 Å². The summed E-state index contributed by atoms with van der Waals surface area (Å²) < 4.78 is 6.51. The predicted molar refractivity (Wildman–Crippen MR) is 109 cm³/mol. The number of hydrogen-bond donors (Lipinski definition) is 2. The molecule has 0 saturated heterocycles. The van der Waals surface area contributed by atoms with Gasteiger partial charge in [0.25, 0.3) is 0 Å². The second kappa shape index (κ2) is 8.78. The van der Waals surface area contributed by atoms with Crippen molar-refractivity contribution in [1.29, 1.82) is 0 Å². The van der Waals surface area contributed by atoms with Gasteiger partial charge in [0.15, 0.2) is 0 Å². The zero-order chi connectivity index (χ0) is 21.8. The van der Waals surface area contributed by atoms with Gasteiger partial charge in [0.2, 0.25) is 6.08 Å². The van der Waals surface area contributed by atoms with Crippen LogP contribution in [0.15, 0.2) is 4.99 Å². The minimum absolute atomic E-state index is 0.00635. The van der Waals surface area contributed by atoms with Gasteiger partial charge in [0.1, 0.15) is 11.4 Å². The zero-order valence-electron chi connectivity index (χ0n) is 18.1. The average molecular weight is 405 g/mol. The van der Waals surface area contributed by atoms with Crippen LogP contribution in [0.4, 0.5) is 10.6 Å². The number of aliphatic imine (C=N–C) groups is 1. The Morgan fingerprint density at radius 2 is 2.03 bits per heavy atom. The van der Waals surface area contributed by atoms with E-state index in [9.17, 15) is 14.4 Å². The third-order valence-corrected chi connectivity index (χ3v) is 5.27. The number of amides is 2. The van der Waals surface area contributed by atoms with Gasteiger partial charge in [-0.3, -0.25) is 10.00 Å². The summed E-state index contributed by atoms with van der Waals surface area (Å²) in [4.78, 5) is 39.4. The SMILES string of the molecule is CCOC(=O)c1c(C)nn(C)c1NC(=O)NCC1(C)CC(N=C=O)CC(C)(C)C1. The molecular formula is C20H31N5O4. The number of hydrogen-bond acceptors (Lipinski definition) is 6. The third kappa shape index (κ3) is 5.67. The first kappa shape index (κ1) is 22.6. The predicted octanol–water partition coefficient (Wildman–Crippen LogP) is 2.95. The van der Waals surface area contributed by atoms with Crippen molar-refractivity contribution in [3.63, 3.8) is 0 Å². The molecule has 1 fully saturated rings. The van der Waals surface area contributed by atoms with Gasteiger partial charge in [-0.1, -0.05) is 20.8 Å². The second-order valence-corrected chi connectivity index (χ2v) is 8.89. The second-order valence-electron chi connectivity index (χ2n) is 8.89. The molecule has 1 saturated carbocycles. The molecule has 2 atom stereocenters. The smallest absolute Gasteiger partial charge is 0.343 e. The summed E-state index contributed by atoms with van der Waals surface area (Å²) in [6.45, 7) is 10.4. The van der Waals surface area contributed by atoms with E-state index >= 15 is 0 Å². The molecule has 1 aromatic heterocycles. The number of anilines is 1. The lowest BCUT2D eigenvalue weighted by Gasteiger charge is -2.45. The Hall–Kier alpha value is -2.67. The molecule has 0 bridgehead atoms. The molecule has 0 aromatic carbocycles. The number of nitrogens with zero attached hydrogens (tertiary/aromatic N) is 3. The van der Waals surface area contributed by atoms with Gasteiger partial charge >= 0.3 is 12.0 Å². The Morgan fingerprint density at radius 3 is 2.66 bits per heavy atom. The maximum Gasteiger partial charge on any atom is 0.343 e. The Labute approximate surface area is 171 Å². The van der Waals surface area contributed by atoms with Gasteiger partial charge in [-0.2, -0.15) is 5.10 Å². The first-order valence-corrected chi connectivity index (χ1v) is 9.83. The van der Waals surface area contributed by atoms with E-state index in [1.54, 1.807) is 27.0 Å². The highest BCUT2D eigenvalue weighted by Gasteiger charge is 2.41. The maximum atomic E-state index is 12.6. The van der Waals surface area contributed by atoms with Gasteiger partial charge in [0.05, 0.1) is 18.3 Å². The highest BCUT2D eigenvalue weighted by Crippen LogP contribution is 2.46. The quantitative estimate of drug-likeness (QED) is 0.429. The zero-order valence-corrected chi connectivity index (χ0v) is 18.1. The van der Waals surface area contributed by atoms with E-state index in [1.165, 1.54) is 4.68 Å². The van der Waals surface area contributed by atoms with Crippen LogP contribution in [0.3, 0.4) is 0 Å². The lowest BCUT2D eigenvalue weighted by molar-refractivity contribution is 0.0526. The van der Waals surface area contributed by atoms with Crippen LogP contribution in [-0.2, 0) is 16.6 Å². The molecule has 0 aliphatic heterocycles. The molecule has 1 heterocycles. The molecule has 1 aromatic rings. The number of carbonyl (C=O) groups is 2. The summed E-state index contributed by atoms with van der Waals surface area (Å²) in [6, 6.07) is -0.528. The van der Waals surface area contributed by atoms with Crippen LogP contribution >= 0.6 is 0 Å². The highest BCUT2D eigenvalue weighted by molar-refractivity contribution is 6.00. The summed E-state index contributed by atoms with van der Waals surface area (Å²) >= 11 is 0. The van der Waals surface area contributed by atoms with E-state index in [0.29, 0.717) is 18.7 Å². The van der Waals surface area contributed by atoms with Gasteiger partial charge in [-0.05, 0) is 43.9 Å². The molecule has 1 aliphatic rings. The molecular weight excluding hydrogens is 374 g/mol. The summed E-state index contributed by atoms with van der Waals surface area (Å²) in [7, 11) is 1.65. The topological polar surface area (TPSA) is 115 Å². The minimum Gasteiger partial charge on any atom is -0.462 e. The number of nitrogens with one attached hydrogen (secondary N) is 2. The van der Waals surface area contributed by atoms with Crippen LogP contribution in [0.25, 0.3) is 0 Å². The Balaban J connectivity index is 2.08. The van der Waals surface area contributed by atoms with Crippen molar-refractivity contribution in [3.8, 4) is 0 Å². The van der Waals surface area contributed by atoms with E-state index in [1.807, 2.05) is 0 Å². The fourth-order valence-electron chi connectivity index (χ4n) is 4.57. The molecule has 2 rings (SSSR count). The fourth-order valence-corrected chi connectivity index (χ4v) is 4.57. The van der Waals surface area contributed by atoms with Crippen molar-refractivity contribution >= 4 is 23.9 Å². The summed E-state index contributed by atoms with van der Waals surface area (Å²) in [5.74, 6) is -0.236. The molecule has 1 aliphatic carbocycles. The van der Waals surface area contributed by atoms with Crippen molar-refractivity contribution in [2.45, 2.75) is 59.9 Å². The third-order valence-electron chi connectivity index (χ3n) is 5.27. The lowest BCUT2D eigenvalue weighted by atomic mass is 9.63. The van der Waals surface area contributed by atoms with Crippen LogP contribution in [0, 0.1) is 17.8 Å². The van der Waals surface area contributed by atoms with E-state index in [0.717, 1.165) is 12.8 Å². The first-order chi connectivity index (χ1) is 13.5. The summed E-state index contributed by atoms with van der Waals surface area (Å²) in [5, 5.41) is 9.81. The van der Waals surface area contributed by atoms with Crippen LogP contribution < -0.4 is 10.6 Å². The number of urea groups is 1. The largest absolute Gasteiger partial charge is 0.462 e. The fraction of sp³-hybridized carbons (Fsp3) is 0.700. The normalized spacial score (nSPS) is 23.0. The molecule has 9 nitrogen and oxygen atoms in total. The molecule has 2 unspecified atom stereocenters. The summed E-state index contributed by atoms with van der Waals surface area (Å²) in [6.07, 6.45) is 4.08. The van der Waals surface area contributed by atoms with Crippen molar-refractivity contribution in [3.05, 3.63) is 11.3 Å². The van der Waals surface area contributed by atoms with E-state index in [4.69, 9.17) is 4.74 Å². The van der Waals surface area contributed by atoms with Gasteiger partial charge < -0.3 is 10.1 Å². The number of ether oxygens (including phenoxy) is 1.